The summed E-state index contributed by atoms with van der Waals surface area (Å²) in [5.74, 6) is 0.833. The molecule has 0 atom stereocenters. The molecule has 15 heavy (non-hydrogen) atoms. The van der Waals surface area contributed by atoms with E-state index in [1.165, 1.54) is 0 Å². The Morgan fingerprint density at radius 2 is 2.20 bits per heavy atom. The number of hydrogen-bond donors (Lipinski definition) is 1. The Kier molecular flexibility index (Phi) is 3.38. The van der Waals surface area contributed by atoms with Crippen LogP contribution in [0.4, 0.5) is 0 Å². The van der Waals surface area contributed by atoms with Crippen LogP contribution >= 0.6 is 0 Å². The first-order chi connectivity index (χ1) is 7.24. The molecule has 1 saturated carbocycles. The van der Waals surface area contributed by atoms with Gasteiger partial charge in [-0.15, -0.1) is 0 Å². The Labute approximate surface area is 89.8 Å². The Morgan fingerprint density at radius 3 is 2.80 bits per heavy atom. The number of aromatic nitrogens is 1. The third-order valence-electron chi connectivity index (χ3n) is 2.86. The van der Waals surface area contributed by atoms with Crippen molar-refractivity contribution in [1.29, 1.82) is 0 Å². The number of aryl methyl sites for hydroxylation is 1. The highest BCUT2D eigenvalue weighted by atomic mass is 16.5. The Balaban J connectivity index is 1.74. The molecule has 1 heterocycles. The van der Waals surface area contributed by atoms with Crippen LogP contribution in [0.25, 0.3) is 0 Å². The largest absolute Gasteiger partial charge is 0.372 e. The molecule has 0 spiro atoms. The molecule has 0 amide bonds. The minimum atomic E-state index is 0.349. The highest BCUT2D eigenvalue weighted by Crippen LogP contribution is 2.20. The first-order valence-corrected chi connectivity index (χ1v) is 5.53. The molecule has 0 aromatic carbocycles. The van der Waals surface area contributed by atoms with E-state index in [1.807, 2.05) is 13.0 Å². The van der Waals surface area contributed by atoms with Crippen LogP contribution in [0.5, 0.6) is 0 Å². The maximum Gasteiger partial charge on any atom is 0.134 e. The van der Waals surface area contributed by atoms with Gasteiger partial charge >= 0.3 is 0 Å². The average molecular weight is 210 g/mol. The second-order valence-corrected chi connectivity index (χ2v) is 4.28. The zero-order valence-corrected chi connectivity index (χ0v) is 9.11. The number of hydrogen-bond acceptors (Lipinski definition) is 4. The molecule has 1 aliphatic carbocycles. The van der Waals surface area contributed by atoms with E-state index in [9.17, 15) is 0 Å². The van der Waals surface area contributed by atoms with Gasteiger partial charge < -0.3 is 15.0 Å². The van der Waals surface area contributed by atoms with Gasteiger partial charge in [-0.2, -0.15) is 0 Å². The molecule has 0 saturated heterocycles. The first kappa shape index (κ1) is 10.6. The summed E-state index contributed by atoms with van der Waals surface area (Å²) in [5.41, 5.74) is 6.70. The fraction of sp³-hybridized carbons (Fsp3) is 0.727. The summed E-state index contributed by atoms with van der Waals surface area (Å²) in [6.07, 6.45) is 4.63. The van der Waals surface area contributed by atoms with Crippen molar-refractivity contribution in [2.45, 2.75) is 51.4 Å². The van der Waals surface area contributed by atoms with Crippen molar-refractivity contribution in [3.63, 3.8) is 0 Å². The summed E-state index contributed by atoms with van der Waals surface area (Å²) in [6, 6.07) is 2.29. The lowest BCUT2D eigenvalue weighted by Crippen LogP contribution is -2.30. The molecule has 2 rings (SSSR count). The Bertz CT molecular complexity index is 303. The van der Waals surface area contributed by atoms with Crippen molar-refractivity contribution < 1.29 is 9.26 Å². The van der Waals surface area contributed by atoms with E-state index >= 15 is 0 Å². The van der Waals surface area contributed by atoms with E-state index in [4.69, 9.17) is 15.0 Å². The van der Waals surface area contributed by atoms with E-state index in [-0.39, 0.29) is 0 Å². The molecule has 1 fully saturated rings. The molecule has 1 aromatic rings. The SMILES string of the molecule is Cc1cc(COC2CCC(N)CC2)no1. The fourth-order valence-electron chi connectivity index (χ4n) is 1.94. The Morgan fingerprint density at radius 1 is 1.47 bits per heavy atom. The minimum absolute atomic E-state index is 0.349. The number of ether oxygens (including phenoxy) is 1. The van der Waals surface area contributed by atoms with Crippen LogP contribution in [-0.2, 0) is 11.3 Å². The quantitative estimate of drug-likeness (QED) is 0.826. The fourth-order valence-corrected chi connectivity index (χ4v) is 1.94. The van der Waals surface area contributed by atoms with Crippen molar-refractivity contribution in [1.82, 2.24) is 5.16 Å². The molecule has 4 nitrogen and oxygen atoms in total. The van der Waals surface area contributed by atoms with Crippen LogP contribution < -0.4 is 5.73 Å². The van der Waals surface area contributed by atoms with Crippen LogP contribution in [0.15, 0.2) is 10.6 Å². The zero-order chi connectivity index (χ0) is 10.7. The molecule has 0 radical (unpaired) electrons. The van der Waals surface area contributed by atoms with E-state index < -0.39 is 0 Å². The third-order valence-corrected chi connectivity index (χ3v) is 2.86. The maximum absolute atomic E-state index is 5.82. The maximum atomic E-state index is 5.82. The van der Waals surface area contributed by atoms with Crippen LogP contribution in [0.3, 0.4) is 0 Å². The summed E-state index contributed by atoms with van der Waals surface area (Å²) >= 11 is 0. The minimum Gasteiger partial charge on any atom is -0.372 e. The van der Waals surface area contributed by atoms with Crippen molar-refractivity contribution >= 4 is 0 Å². The van der Waals surface area contributed by atoms with Crippen LogP contribution in [-0.4, -0.2) is 17.3 Å². The normalized spacial score (nSPS) is 26.8. The molecule has 0 aliphatic heterocycles. The summed E-state index contributed by atoms with van der Waals surface area (Å²) in [7, 11) is 0. The predicted molar refractivity (Wildman–Crippen MR) is 56.3 cm³/mol. The van der Waals surface area contributed by atoms with Gasteiger partial charge in [0.15, 0.2) is 0 Å². The zero-order valence-electron chi connectivity index (χ0n) is 9.11. The average Bonchev–Trinajstić information content (AvgIpc) is 2.64. The Hall–Kier alpha value is -0.870. The molecular formula is C11H18N2O2. The van der Waals surface area contributed by atoms with Gasteiger partial charge in [0, 0.05) is 12.1 Å². The van der Waals surface area contributed by atoms with Gasteiger partial charge in [0.2, 0.25) is 0 Å². The highest BCUT2D eigenvalue weighted by Gasteiger charge is 2.19. The summed E-state index contributed by atoms with van der Waals surface area (Å²) in [6.45, 7) is 2.44. The number of rotatable bonds is 3. The van der Waals surface area contributed by atoms with Crippen LogP contribution in [0, 0.1) is 6.92 Å². The molecule has 4 heteroatoms. The third kappa shape index (κ3) is 3.04. The lowest BCUT2D eigenvalue weighted by Gasteiger charge is -2.25. The lowest BCUT2D eigenvalue weighted by molar-refractivity contribution is 0.0112. The standard InChI is InChI=1S/C11H18N2O2/c1-8-6-10(13-15-8)7-14-11-4-2-9(12)3-5-11/h6,9,11H,2-5,7,12H2,1H3. The van der Waals surface area contributed by atoms with E-state index in [0.717, 1.165) is 37.1 Å². The van der Waals surface area contributed by atoms with E-state index in [1.54, 1.807) is 0 Å². The van der Waals surface area contributed by atoms with Gasteiger partial charge in [0.25, 0.3) is 0 Å². The second kappa shape index (κ2) is 4.77. The van der Waals surface area contributed by atoms with Gasteiger partial charge in [0.1, 0.15) is 11.5 Å². The first-order valence-electron chi connectivity index (χ1n) is 5.53. The van der Waals surface area contributed by atoms with Gasteiger partial charge in [-0.25, -0.2) is 0 Å². The summed E-state index contributed by atoms with van der Waals surface area (Å²) in [4.78, 5) is 0. The van der Waals surface area contributed by atoms with Gasteiger partial charge in [-0.3, -0.25) is 0 Å². The van der Waals surface area contributed by atoms with Gasteiger partial charge in [-0.1, -0.05) is 5.16 Å². The van der Waals surface area contributed by atoms with Crippen molar-refractivity contribution in [2.75, 3.05) is 0 Å². The molecule has 0 bridgehead atoms. The molecule has 1 aromatic heterocycles. The molecule has 2 N–H and O–H groups in total. The monoisotopic (exact) mass is 210 g/mol. The second-order valence-electron chi connectivity index (χ2n) is 4.28. The molecule has 84 valence electrons. The number of nitrogens with zero attached hydrogens (tertiary/aromatic N) is 1. The molecular weight excluding hydrogens is 192 g/mol. The van der Waals surface area contributed by atoms with Crippen LogP contribution in [0.1, 0.15) is 37.1 Å². The number of nitrogens with two attached hydrogens (primary N) is 1. The predicted octanol–water partition coefficient (Wildman–Crippen LogP) is 1.77. The smallest absolute Gasteiger partial charge is 0.134 e. The summed E-state index contributed by atoms with van der Waals surface area (Å²) < 4.78 is 10.7. The van der Waals surface area contributed by atoms with Gasteiger partial charge in [0.05, 0.1) is 12.7 Å². The van der Waals surface area contributed by atoms with E-state index in [0.29, 0.717) is 18.8 Å². The highest BCUT2D eigenvalue weighted by molar-refractivity contribution is 5.01. The van der Waals surface area contributed by atoms with E-state index in [2.05, 4.69) is 5.16 Å². The topological polar surface area (TPSA) is 61.3 Å². The molecule has 0 unspecified atom stereocenters. The van der Waals surface area contributed by atoms with Crippen molar-refractivity contribution in [3.8, 4) is 0 Å². The molecule has 1 aliphatic rings. The van der Waals surface area contributed by atoms with Crippen LogP contribution in [0.2, 0.25) is 0 Å². The van der Waals surface area contributed by atoms with Gasteiger partial charge in [-0.05, 0) is 32.6 Å². The lowest BCUT2D eigenvalue weighted by atomic mass is 9.94. The summed E-state index contributed by atoms with van der Waals surface area (Å²) in [5, 5.41) is 3.89. The van der Waals surface area contributed by atoms with Crippen molar-refractivity contribution in [2.24, 2.45) is 5.73 Å². The van der Waals surface area contributed by atoms with Crippen molar-refractivity contribution in [3.05, 3.63) is 17.5 Å².